The second kappa shape index (κ2) is 14.8. The Morgan fingerprint density at radius 3 is 1.42 bits per heavy atom. The van der Waals surface area contributed by atoms with Crippen molar-refractivity contribution < 1.29 is 0 Å². The van der Waals surface area contributed by atoms with Crippen LogP contribution in [0.3, 0.4) is 0 Å². The van der Waals surface area contributed by atoms with Crippen molar-refractivity contribution in [2.45, 2.75) is 18.5 Å². The van der Waals surface area contributed by atoms with Gasteiger partial charge in [0, 0.05) is 37.7 Å². The first-order chi connectivity index (χ1) is 32.0. The number of hydrogen-bond acceptors (Lipinski definition) is 2. The van der Waals surface area contributed by atoms with Crippen LogP contribution in [0, 0.1) is 3.57 Å². The highest BCUT2D eigenvalue weighted by atomic mass is 127. The fourth-order valence-corrected chi connectivity index (χ4v) is 12.8. The highest BCUT2D eigenvalue weighted by Crippen LogP contribution is 2.66. The van der Waals surface area contributed by atoms with Crippen molar-refractivity contribution in [2.24, 2.45) is 0 Å². The zero-order valence-electron chi connectivity index (χ0n) is 36.1. The zero-order valence-corrected chi connectivity index (χ0v) is 39.4. The predicted octanol–water partition coefficient (Wildman–Crippen LogP) is 16.1. The lowest BCUT2D eigenvalue weighted by Crippen LogP contribution is -2.27. The third kappa shape index (κ3) is 5.63. The van der Waals surface area contributed by atoms with Crippen LogP contribution in [0.25, 0.3) is 55.3 Å². The monoisotopic (exact) mass is 958 g/mol. The van der Waals surface area contributed by atoms with E-state index in [9.17, 15) is 0 Å². The Balaban J connectivity index is 1.13. The molecular weight excluding hydrogens is 916 g/mol. The third-order valence-corrected chi connectivity index (χ3v) is 16.7. The maximum Gasteiger partial charge on any atom is 0.0727 e. The van der Waals surface area contributed by atoms with Crippen LogP contribution in [-0.2, 0) is 5.41 Å². The fraction of sp³-hybridized carbons (Fsp3) is 0.0492. The molecule has 0 bridgehead atoms. The average Bonchev–Trinajstić information content (AvgIpc) is 3.95. The lowest BCUT2D eigenvalue weighted by molar-refractivity contribution is 0.794. The number of hydrogen-bond donors (Lipinski definition) is 0. The van der Waals surface area contributed by atoms with Gasteiger partial charge < -0.3 is 9.80 Å². The summed E-state index contributed by atoms with van der Waals surface area (Å²) in [4.78, 5) is 4.87. The molecule has 2 nitrogen and oxygen atoms in total. The molecule has 1 spiro atoms. The Bertz CT molecular complexity index is 3530. The summed E-state index contributed by atoms with van der Waals surface area (Å²) >= 11 is 2.41. The van der Waals surface area contributed by atoms with E-state index in [1.54, 1.807) is 0 Å². The zero-order chi connectivity index (χ0) is 43.4. The van der Waals surface area contributed by atoms with Crippen LogP contribution in [-0.4, -0.2) is 8.80 Å². The van der Waals surface area contributed by atoms with Gasteiger partial charge in [-0.1, -0.05) is 146 Å². The number of anilines is 6. The summed E-state index contributed by atoms with van der Waals surface area (Å²) in [7, 11) is -0.977. The average molecular weight is 959 g/mol. The maximum absolute atomic E-state index is 2.59. The van der Waals surface area contributed by atoms with Gasteiger partial charge in [-0.15, -0.1) is 0 Å². The number of benzene rings is 10. The summed E-state index contributed by atoms with van der Waals surface area (Å²) in [6, 6.07) is 82.3. The first kappa shape index (κ1) is 38.5. The topological polar surface area (TPSA) is 6.48 Å². The van der Waals surface area contributed by atoms with Gasteiger partial charge in [0.25, 0.3) is 0 Å². The molecule has 0 N–H and O–H groups in total. The van der Waals surface area contributed by atoms with Gasteiger partial charge in [-0.25, -0.2) is 0 Å². The van der Waals surface area contributed by atoms with Gasteiger partial charge in [-0.05, 0) is 191 Å². The van der Waals surface area contributed by atoms with E-state index in [4.69, 9.17) is 0 Å². The molecule has 0 fully saturated rings. The smallest absolute Gasteiger partial charge is 0.0727 e. The molecule has 65 heavy (non-hydrogen) atoms. The van der Waals surface area contributed by atoms with Crippen LogP contribution >= 0.6 is 22.6 Å². The highest BCUT2D eigenvalue weighted by Gasteiger charge is 2.53. The van der Waals surface area contributed by atoms with Crippen molar-refractivity contribution in [3.8, 4) is 44.5 Å². The van der Waals surface area contributed by atoms with Gasteiger partial charge in [-0.3, -0.25) is 0 Å². The van der Waals surface area contributed by atoms with Crippen LogP contribution in [0.2, 0.25) is 13.1 Å². The Morgan fingerprint density at radius 1 is 0.354 bits per heavy atom. The molecule has 3 aliphatic rings. The molecule has 0 aliphatic heterocycles. The van der Waals surface area contributed by atoms with Gasteiger partial charge in [-0.2, -0.15) is 0 Å². The number of fused-ring (bicyclic) bond motifs is 14. The van der Waals surface area contributed by atoms with E-state index >= 15 is 0 Å². The molecule has 308 valence electrons. The SMILES string of the molecule is C[SiH](C)c1ccc(N(c2ccccc2)c2ccc3c(c2)C2(c4cc(N(c5ccccc5)c5ccc(I)cc5)ccc4-3)c3ccccc3-c3c2cc2c4c(cccc34)-c3ccccc3-2)cc1. The molecular formula is C61H43IN2Si. The van der Waals surface area contributed by atoms with Crippen molar-refractivity contribution in [3.63, 3.8) is 0 Å². The fourth-order valence-electron chi connectivity index (χ4n) is 11.4. The summed E-state index contributed by atoms with van der Waals surface area (Å²) < 4.78 is 1.21. The minimum Gasteiger partial charge on any atom is -0.310 e. The van der Waals surface area contributed by atoms with Crippen LogP contribution < -0.4 is 15.0 Å². The van der Waals surface area contributed by atoms with E-state index < -0.39 is 14.2 Å². The summed E-state index contributed by atoms with van der Waals surface area (Å²) in [6.07, 6.45) is 0. The van der Waals surface area contributed by atoms with Crippen molar-refractivity contribution in [2.75, 3.05) is 9.80 Å². The quantitative estimate of drug-likeness (QED) is 0.116. The minimum atomic E-state index is -0.977. The van der Waals surface area contributed by atoms with E-state index in [-0.39, 0.29) is 0 Å². The number of nitrogens with zero attached hydrogens (tertiary/aromatic N) is 2. The van der Waals surface area contributed by atoms with Crippen molar-refractivity contribution >= 4 is 81.5 Å². The molecule has 10 aromatic rings. The Hall–Kier alpha value is -6.99. The Kier molecular flexibility index (Phi) is 8.74. The Morgan fingerprint density at radius 2 is 0.831 bits per heavy atom. The molecule has 13 rings (SSSR count). The van der Waals surface area contributed by atoms with Crippen LogP contribution in [0.4, 0.5) is 34.1 Å². The molecule has 1 unspecified atom stereocenters. The largest absolute Gasteiger partial charge is 0.310 e. The van der Waals surface area contributed by atoms with Gasteiger partial charge in [0.05, 0.1) is 14.2 Å². The second-order valence-corrected chi connectivity index (χ2v) is 22.2. The molecule has 0 saturated heterocycles. The van der Waals surface area contributed by atoms with E-state index in [0.29, 0.717) is 0 Å². The Labute approximate surface area is 395 Å². The van der Waals surface area contributed by atoms with E-state index in [2.05, 4.69) is 264 Å². The van der Waals surface area contributed by atoms with Crippen LogP contribution in [0.15, 0.2) is 218 Å². The van der Waals surface area contributed by atoms with Crippen molar-refractivity contribution in [1.82, 2.24) is 0 Å². The van der Waals surface area contributed by atoms with E-state index in [1.165, 1.54) is 86.3 Å². The summed E-state index contributed by atoms with van der Waals surface area (Å²) in [6.45, 7) is 4.80. The normalized spacial score (nSPS) is 14.6. The predicted molar refractivity (Wildman–Crippen MR) is 285 cm³/mol. The van der Waals surface area contributed by atoms with Crippen LogP contribution in [0.1, 0.15) is 22.3 Å². The molecule has 4 heteroatoms. The van der Waals surface area contributed by atoms with Gasteiger partial charge in [0.15, 0.2) is 0 Å². The molecule has 0 radical (unpaired) electrons. The van der Waals surface area contributed by atoms with Crippen molar-refractivity contribution in [1.29, 1.82) is 0 Å². The molecule has 1 atom stereocenters. The van der Waals surface area contributed by atoms with Crippen molar-refractivity contribution in [3.05, 3.63) is 244 Å². The molecule has 0 aromatic heterocycles. The molecule has 3 aliphatic carbocycles. The third-order valence-electron chi connectivity index (χ3n) is 14.2. The molecule has 0 heterocycles. The lowest BCUT2D eigenvalue weighted by Gasteiger charge is -2.33. The second-order valence-electron chi connectivity index (χ2n) is 17.9. The lowest BCUT2D eigenvalue weighted by atomic mass is 9.70. The number of halogens is 1. The van der Waals surface area contributed by atoms with E-state index in [1.807, 2.05) is 0 Å². The summed E-state index contributed by atoms with van der Waals surface area (Å²) in [5, 5.41) is 4.15. The minimum absolute atomic E-state index is 0.620. The first-order valence-electron chi connectivity index (χ1n) is 22.6. The molecule has 0 saturated carbocycles. The first-order valence-corrected chi connectivity index (χ1v) is 26.6. The summed E-state index contributed by atoms with van der Waals surface area (Å²) in [5.74, 6) is 0. The van der Waals surface area contributed by atoms with Gasteiger partial charge >= 0.3 is 0 Å². The molecule has 10 aromatic carbocycles. The van der Waals surface area contributed by atoms with Gasteiger partial charge in [0.1, 0.15) is 0 Å². The molecule has 0 amide bonds. The summed E-state index contributed by atoms with van der Waals surface area (Å²) in [5.41, 5.74) is 22.0. The highest BCUT2D eigenvalue weighted by molar-refractivity contribution is 14.1. The van der Waals surface area contributed by atoms with Gasteiger partial charge in [0.2, 0.25) is 0 Å². The maximum atomic E-state index is 2.59. The van der Waals surface area contributed by atoms with E-state index in [0.717, 1.165) is 34.1 Å². The number of rotatable bonds is 7. The number of para-hydroxylation sites is 2. The van der Waals surface area contributed by atoms with Crippen LogP contribution in [0.5, 0.6) is 0 Å². The standard InChI is InChI=1S/C61H43IN2Si/c1-65(2)46-32-28-43(29-33-46)64(41-16-7-4-8-17-41)45-31-35-50-49-34-30-44(63(40-14-5-3-6-15-40)42-26-24-39(62)25-27-42)36-56(49)61(57(50)37-45)55-23-12-11-20-52(55)60-53-22-13-21-51-47-18-9-10-19-48(47)54(59(51)53)38-58(60)61/h3-38,65H,1-2H3.